The van der Waals surface area contributed by atoms with Crippen LogP contribution in [0, 0.1) is 0 Å². The van der Waals surface area contributed by atoms with E-state index in [1.54, 1.807) is 0 Å². The van der Waals surface area contributed by atoms with Gasteiger partial charge in [-0.2, -0.15) is 0 Å². The van der Waals surface area contributed by atoms with E-state index in [2.05, 4.69) is 4.72 Å². The van der Waals surface area contributed by atoms with E-state index < -0.39 is 25.1 Å². The van der Waals surface area contributed by atoms with Gasteiger partial charge >= 0.3 is 0 Å². The van der Waals surface area contributed by atoms with Crippen LogP contribution in [0.1, 0.15) is 19.3 Å². The molecule has 0 radical (unpaired) electrons. The Hall–Kier alpha value is -0.180. The van der Waals surface area contributed by atoms with Gasteiger partial charge in [0.15, 0.2) is 9.84 Å². The van der Waals surface area contributed by atoms with E-state index in [0.29, 0.717) is 12.8 Å². The average molecular weight is 271 g/mol. The van der Waals surface area contributed by atoms with Gasteiger partial charge in [-0.15, -0.1) is 0 Å². The Bertz CT molecular complexity index is 414. The molecule has 1 heterocycles. The molecule has 1 rings (SSSR count). The monoisotopic (exact) mass is 271 g/mol. The van der Waals surface area contributed by atoms with Gasteiger partial charge in [-0.3, -0.25) is 0 Å². The summed E-state index contributed by atoms with van der Waals surface area (Å²) >= 11 is 0. The van der Waals surface area contributed by atoms with Crippen molar-refractivity contribution < 1.29 is 21.9 Å². The maximum atomic E-state index is 11.6. The predicted molar refractivity (Wildman–Crippen MR) is 60.3 cm³/mol. The van der Waals surface area contributed by atoms with E-state index in [1.165, 1.54) is 0 Å². The van der Waals surface area contributed by atoms with Gasteiger partial charge in [0, 0.05) is 13.2 Å². The summed E-state index contributed by atoms with van der Waals surface area (Å²) < 4.78 is 47.9. The second-order valence-corrected chi connectivity index (χ2v) is 8.17. The number of hydrogen-bond acceptors (Lipinski definition) is 5. The van der Waals surface area contributed by atoms with Crippen LogP contribution in [0.4, 0.5) is 0 Å². The molecule has 8 heteroatoms. The topological polar surface area (TPSA) is 101 Å². The molecule has 0 amide bonds. The summed E-state index contributed by atoms with van der Waals surface area (Å²) in [5, 5.41) is 7.71. The Balaban J connectivity index is 2.46. The third kappa shape index (κ3) is 4.00. The Morgan fingerprint density at radius 1 is 1.31 bits per heavy atom. The summed E-state index contributed by atoms with van der Waals surface area (Å²) in [6.45, 7) is 0.277. The van der Waals surface area contributed by atoms with Crippen molar-refractivity contribution in [3.8, 4) is 0 Å². The molecule has 0 saturated carbocycles. The number of rotatable bonds is 6. The molecular formula is C8H17NO5S2. The Morgan fingerprint density at radius 2 is 2.00 bits per heavy atom. The van der Waals surface area contributed by atoms with Crippen LogP contribution in [-0.2, 0) is 19.9 Å². The maximum Gasteiger partial charge on any atom is 0.215 e. The van der Waals surface area contributed by atoms with Crippen LogP contribution in [0.2, 0.25) is 0 Å². The van der Waals surface area contributed by atoms with Crippen LogP contribution < -0.4 is 4.72 Å². The fourth-order valence-electron chi connectivity index (χ4n) is 1.57. The van der Waals surface area contributed by atoms with E-state index in [9.17, 15) is 16.8 Å². The summed E-state index contributed by atoms with van der Waals surface area (Å²) in [6, 6.07) is 0. The minimum Gasteiger partial charge on any atom is -0.396 e. The van der Waals surface area contributed by atoms with E-state index >= 15 is 0 Å². The molecule has 96 valence electrons. The highest BCUT2D eigenvalue weighted by molar-refractivity contribution is 7.95. The number of nitrogens with one attached hydrogen (secondary N) is 1. The highest BCUT2D eigenvalue weighted by atomic mass is 32.2. The first kappa shape index (κ1) is 13.9. The molecule has 6 nitrogen and oxygen atoms in total. The van der Waals surface area contributed by atoms with Crippen LogP contribution in [-0.4, -0.2) is 51.8 Å². The molecule has 1 unspecified atom stereocenters. The minimum atomic E-state index is -3.52. The van der Waals surface area contributed by atoms with Crippen molar-refractivity contribution in [3.05, 3.63) is 0 Å². The van der Waals surface area contributed by atoms with E-state index in [0.717, 1.165) is 0 Å². The first-order valence-electron chi connectivity index (χ1n) is 5.17. The molecule has 0 bridgehead atoms. The van der Waals surface area contributed by atoms with Gasteiger partial charge in [-0.1, -0.05) is 0 Å². The summed E-state index contributed by atoms with van der Waals surface area (Å²) in [7, 11) is -6.70. The van der Waals surface area contributed by atoms with Gasteiger partial charge < -0.3 is 5.11 Å². The molecule has 1 aliphatic rings. The van der Waals surface area contributed by atoms with Crippen molar-refractivity contribution in [2.24, 2.45) is 0 Å². The van der Waals surface area contributed by atoms with Crippen LogP contribution in [0.5, 0.6) is 0 Å². The Labute approximate surface area is 96.0 Å². The lowest BCUT2D eigenvalue weighted by molar-refractivity contribution is 0.285. The van der Waals surface area contributed by atoms with Crippen LogP contribution >= 0.6 is 0 Å². The lowest BCUT2D eigenvalue weighted by atomic mass is 10.3. The highest BCUT2D eigenvalue weighted by Gasteiger charge is 2.36. The molecule has 1 atom stereocenters. The molecule has 16 heavy (non-hydrogen) atoms. The second-order valence-electron chi connectivity index (χ2n) is 3.90. The van der Waals surface area contributed by atoms with Crippen molar-refractivity contribution in [1.82, 2.24) is 4.72 Å². The number of sulfone groups is 1. The number of aliphatic hydroxyl groups is 1. The van der Waals surface area contributed by atoms with Crippen molar-refractivity contribution in [2.75, 3.05) is 24.7 Å². The zero-order valence-corrected chi connectivity index (χ0v) is 10.6. The quantitative estimate of drug-likeness (QED) is 0.595. The zero-order chi connectivity index (χ0) is 12.2. The molecule has 0 aromatic carbocycles. The predicted octanol–water partition coefficient (Wildman–Crippen LogP) is -1.13. The fourth-order valence-corrected chi connectivity index (χ4v) is 5.70. The standard InChI is InChI=1S/C8H17NO5S2/c10-5-2-1-4-9-16(13,14)8-3-6-15(11,12)7-8/h8-10H,1-7H2. The van der Waals surface area contributed by atoms with Gasteiger partial charge in [0.25, 0.3) is 0 Å². The van der Waals surface area contributed by atoms with Crippen molar-refractivity contribution in [3.63, 3.8) is 0 Å². The average Bonchev–Trinajstić information content (AvgIpc) is 2.54. The van der Waals surface area contributed by atoms with Gasteiger partial charge in [-0.05, 0) is 19.3 Å². The van der Waals surface area contributed by atoms with Crippen molar-refractivity contribution in [2.45, 2.75) is 24.5 Å². The van der Waals surface area contributed by atoms with Crippen LogP contribution in [0.15, 0.2) is 0 Å². The molecule has 1 saturated heterocycles. The van der Waals surface area contributed by atoms with Gasteiger partial charge in [0.1, 0.15) is 0 Å². The number of sulfonamides is 1. The third-order valence-electron chi connectivity index (χ3n) is 2.52. The Kier molecular flexibility index (Phi) is 4.72. The fraction of sp³-hybridized carbons (Fsp3) is 1.00. The zero-order valence-electron chi connectivity index (χ0n) is 8.92. The number of aliphatic hydroxyl groups excluding tert-OH is 1. The first-order valence-corrected chi connectivity index (χ1v) is 8.54. The van der Waals surface area contributed by atoms with Crippen LogP contribution in [0.3, 0.4) is 0 Å². The van der Waals surface area contributed by atoms with Gasteiger partial charge in [0.2, 0.25) is 10.0 Å². The van der Waals surface area contributed by atoms with E-state index in [-0.39, 0.29) is 31.1 Å². The summed E-state index contributed by atoms with van der Waals surface area (Å²) in [6.07, 6.45) is 1.26. The van der Waals surface area contributed by atoms with Gasteiger partial charge in [0.05, 0.1) is 16.8 Å². The molecule has 0 spiro atoms. The molecular weight excluding hydrogens is 254 g/mol. The maximum absolute atomic E-state index is 11.6. The summed E-state index contributed by atoms with van der Waals surface area (Å²) in [4.78, 5) is 0. The van der Waals surface area contributed by atoms with E-state index in [4.69, 9.17) is 5.11 Å². The summed E-state index contributed by atoms with van der Waals surface area (Å²) in [5.41, 5.74) is 0. The van der Waals surface area contributed by atoms with Crippen molar-refractivity contribution in [1.29, 1.82) is 0 Å². The first-order chi connectivity index (χ1) is 7.37. The molecule has 0 aromatic heterocycles. The largest absolute Gasteiger partial charge is 0.396 e. The molecule has 1 fully saturated rings. The number of unbranched alkanes of at least 4 members (excludes halogenated alkanes) is 1. The molecule has 2 N–H and O–H groups in total. The smallest absolute Gasteiger partial charge is 0.215 e. The normalized spacial score (nSPS) is 24.7. The number of hydrogen-bond donors (Lipinski definition) is 2. The van der Waals surface area contributed by atoms with E-state index in [1.807, 2.05) is 0 Å². The molecule has 0 aliphatic carbocycles. The lowest BCUT2D eigenvalue weighted by Gasteiger charge is -2.10. The molecule has 1 aliphatic heterocycles. The highest BCUT2D eigenvalue weighted by Crippen LogP contribution is 2.17. The second kappa shape index (κ2) is 5.44. The van der Waals surface area contributed by atoms with Gasteiger partial charge in [-0.25, -0.2) is 21.6 Å². The lowest BCUT2D eigenvalue weighted by Crippen LogP contribution is -2.35. The summed E-state index contributed by atoms with van der Waals surface area (Å²) in [5.74, 6) is -0.322. The molecule has 0 aromatic rings. The van der Waals surface area contributed by atoms with Crippen molar-refractivity contribution >= 4 is 19.9 Å². The SMILES string of the molecule is O=S1(=O)CCC(S(=O)(=O)NCCCCO)C1. The van der Waals surface area contributed by atoms with Crippen LogP contribution in [0.25, 0.3) is 0 Å². The minimum absolute atomic E-state index is 0.0273. The Morgan fingerprint density at radius 3 is 2.50 bits per heavy atom. The third-order valence-corrected chi connectivity index (χ3v) is 6.38.